The Morgan fingerprint density at radius 2 is 2.00 bits per heavy atom. The molecule has 1 amide bonds. The van der Waals surface area contributed by atoms with Crippen LogP contribution in [0.2, 0.25) is 0 Å². The molecule has 2 atom stereocenters. The Kier molecular flexibility index (Phi) is 5.99. The normalized spacial score (nSPS) is 20.2. The second kappa shape index (κ2) is 9.09. The second-order valence-corrected chi connectivity index (χ2v) is 8.86. The number of rotatable bonds is 6. The van der Waals surface area contributed by atoms with Gasteiger partial charge in [0.25, 0.3) is 5.91 Å². The Bertz CT molecular complexity index is 1230. The molecule has 7 nitrogen and oxygen atoms in total. The number of carbonyl (C=O) groups is 1. The lowest BCUT2D eigenvalue weighted by atomic mass is 10.0. The van der Waals surface area contributed by atoms with Gasteiger partial charge in [-0.05, 0) is 56.5 Å². The van der Waals surface area contributed by atoms with Gasteiger partial charge in [-0.15, -0.1) is 0 Å². The van der Waals surface area contributed by atoms with Crippen molar-refractivity contribution in [2.45, 2.75) is 44.4 Å². The van der Waals surface area contributed by atoms with Crippen molar-refractivity contribution >= 4 is 11.6 Å². The number of nitrogens with one attached hydrogen (secondary N) is 3. The molecule has 3 aromatic rings. The van der Waals surface area contributed by atoms with E-state index in [2.05, 4.69) is 26.0 Å². The maximum Gasteiger partial charge on any atom is 0.254 e. The molecule has 1 saturated heterocycles. The molecule has 178 valence electrons. The minimum absolute atomic E-state index is 0.0636. The molecule has 0 radical (unpaired) electrons. The van der Waals surface area contributed by atoms with Crippen molar-refractivity contribution in [2.24, 2.45) is 0 Å². The molecule has 2 fully saturated rings. The minimum atomic E-state index is -1.06. The Labute approximate surface area is 194 Å². The van der Waals surface area contributed by atoms with E-state index in [1.807, 2.05) is 0 Å². The van der Waals surface area contributed by atoms with E-state index in [0.29, 0.717) is 35.5 Å². The Morgan fingerprint density at radius 3 is 2.76 bits per heavy atom. The van der Waals surface area contributed by atoms with Gasteiger partial charge in [-0.25, -0.2) is 18.4 Å². The van der Waals surface area contributed by atoms with Crippen molar-refractivity contribution in [3.05, 3.63) is 59.7 Å². The first-order chi connectivity index (χ1) is 16.4. The van der Waals surface area contributed by atoms with E-state index in [9.17, 15) is 18.0 Å². The molecule has 2 aromatic heterocycles. The second-order valence-electron chi connectivity index (χ2n) is 8.86. The highest BCUT2D eigenvalue weighted by Crippen LogP contribution is 2.28. The van der Waals surface area contributed by atoms with Gasteiger partial charge in [0.2, 0.25) is 5.95 Å². The van der Waals surface area contributed by atoms with Gasteiger partial charge in [-0.2, -0.15) is 9.49 Å². The van der Waals surface area contributed by atoms with Crippen molar-refractivity contribution in [2.75, 3.05) is 18.4 Å². The fraction of sp³-hybridized carbons (Fsp3) is 0.375. The SMILES string of the molecule is Cc1cc(F)c(C(=O)NC2CC2)cc1-n1cc(-c2cc(N[C@H]3CCNC[C@H]3F)cnc2F)cn1. The summed E-state index contributed by atoms with van der Waals surface area (Å²) in [6.07, 6.45) is 5.74. The summed E-state index contributed by atoms with van der Waals surface area (Å²) >= 11 is 0. The summed E-state index contributed by atoms with van der Waals surface area (Å²) in [6, 6.07) is 4.03. The van der Waals surface area contributed by atoms with Gasteiger partial charge in [-0.1, -0.05) is 0 Å². The van der Waals surface area contributed by atoms with Gasteiger partial charge in [0.1, 0.15) is 12.0 Å². The van der Waals surface area contributed by atoms with Crippen LogP contribution in [0, 0.1) is 18.7 Å². The van der Waals surface area contributed by atoms with Gasteiger partial charge in [-0.3, -0.25) is 4.79 Å². The quantitative estimate of drug-likeness (QED) is 0.480. The number of anilines is 1. The standard InChI is InChI=1S/C24H25F3N6O/c1-13-6-19(25)18(24(34)32-15-2-3-15)8-22(13)33-12-14(9-30-33)17-7-16(10-29-23(17)27)31-21-4-5-28-11-20(21)26/h6-10,12,15,20-21,28,31H,2-5,11H2,1H3,(H,32,34)/t20-,21+/m1/s1. The zero-order valence-electron chi connectivity index (χ0n) is 18.6. The molecular weight excluding hydrogens is 445 g/mol. The Balaban J connectivity index is 1.42. The highest BCUT2D eigenvalue weighted by molar-refractivity contribution is 5.95. The number of halogens is 3. The third kappa shape index (κ3) is 4.63. The van der Waals surface area contributed by atoms with Crippen LogP contribution in [0.15, 0.2) is 36.8 Å². The number of benzene rings is 1. The first-order valence-electron chi connectivity index (χ1n) is 11.3. The summed E-state index contributed by atoms with van der Waals surface area (Å²) in [5, 5.41) is 13.2. The number of piperidine rings is 1. The summed E-state index contributed by atoms with van der Waals surface area (Å²) in [4.78, 5) is 16.3. The fourth-order valence-corrected chi connectivity index (χ4v) is 4.09. The summed E-state index contributed by atoms with van der Waals surface area (Å²) < 4.78 is 44.7. The molecule has 0 spiro atoms. The highest BCUT2D eigenvalue weighted by Gasteiger charge is 2.26. The monoisotopic (exact) mass is 470 g/mol. The summed E-state index contributed by atoms with van der Waals surface area (Å²) in [7, 11) is 0. The zero-order valence-corrected chi connectivity index (χ0v) is 18.6. The molecular formula is C24H25F3N6O. The average Bonchev–Trinajstić information content (AvgIpc) is 3.49. The molecule has 1 aromatic carbocycles. The molecule has 5 rings (SSSR count). The first-order valence-corrected chi connectivity index (χ1v) is 11.3. The van der Waals surface area contributed by atoms with Crippen molar-refractivity contribution in [3.8, 4) is 16.8 Å². The van der Waals surface area contributed by atoms with E-state index in [1.54, 1.807) is 19.2 Å². The molecule has 3 heterocycles. The smallest absolute Gasteiger partial charge is 0.254 e. The van der Waals surface area contributed by atoms with E-state index in [-0.39, 0.29) is 29.8 Å². The predicted molar refractivity (Wildman–Crippen MR) is 122 cm³/mol. The van der Waals surface area contributed by atoms with Crippen molar-refractivity contribution < 1.29 is 18.0 Å². The molecule has 0 unspecified atom stereocenters. The number of aryl methyl sites for hydroxylation is 1. The Morgan fingerprint density at radius 1 is 1.18 bits per heavy atom. The number of carbonyl (C=O) groups excluding carboxylic acids is 1. The highest BCUT2D eigenvalue weighted by atomic mass is 19.1. The third-order valence-corrected chi connectivity index (χ3v) is 6.18. The third-order valence-electron chi connectivity index (χ3n) is 6.18. The van der Waals surface area contributed by atoms with Crippen molar-refractivity contribution in [1.82, 2.24) is 25.4 Å². The van der Waals surface area contributed by atoms with E-state index < -0.39 is 23.8 Å². The van der Waals surface area contributed by atoms with E-state index in [4.69, 9.17) is 0 Å². The van der Waals surface area contributed by atoms with Crippen LogP contribution in [-0.4, -0.2) is 52.0 Å². The van der Waals surface area contributed by atoms with Gasteiger partial charge in [0.15, 0.2) is 0 Å². The van der Waals surface area contributed by atoms with Crippen LogP contribution in [0.3, 0.4) is 0 Å². The fourth-order valence-electron chi connectivity index (χ4n) is 4.09. The van der Waals surface area contributed by atoms with Crippen LogP contribution >= 0.6 is 0 Å². The predicted octanol–water partition coefficient (Wildman–Crippen LogP) is 3.53. The number of hydrogen-bond donors (Lipinski definition) is 3. The van der Waals surface area contributed by atoms with Gasteiger partial charge in [0, 0.05) is 29.9 Å². The van der Waals surface area contributed by atoms with Crippen molar-refractivity contribution in [1.29, 1.82) is 0 Å². The van der Waals surface area contributed by atoms with Gasteiger partial charge < -0.3 is 16.0 Å². The molecule has 10 heteroatoms. The van der Waals surface area contributed by atoms with Crippen molar-refractivity contribution in [3.63, 3.8) is 0 Å². The molecule has 1 saturated carbocycles. The lowest BCUT2D eigenvalue weighted by Gasteiger charge is -2.28. The topological polar surface area (TPSA) is 83.9 Å². The van der Waals surface area contributed by atoms with Crippen LogP contribution in [0.25, 0.3) is 16.8 Å². The van der Waals surface area contributed by atoms with Gasteiger partial charge >= 0.3 is 0 Å². The number of amides is 1. The summed E-state index contributed by atoms with van der Waals surface area (Å²) in [6.45, 7) is 2.68. The maximum atomic E-state index is 14.6. The number of aromatic nitrogens is 3. The number of pyridine rings is 1. The Hall–Kier alpha value is -3.40. The number of alkyl halides is 1. The van der Waals surface area contributed by atoms with Crippen LogP contribution in [0.1, 0.15) is 35.2 Å². The maximum absolute atomic E-state index is 14.6. The van der Waals surface area contributed by atoms with E-state index >= 15 is 0 Å². The largest absolute Gasteiger partial charge is 0.378 e. The lowest BCUT2D eigenvalue weighted by Crippen LogP contribution is -2.45. The average molecular weight is 470 g/mol. The van der Waals surface area contributed by atoms with Gasteiger partial charge in [0.05, 0.1) is 35.4 Å². The van der Waals surface area contributed by atoms with Crippen LogP contribution < -0.4 is 16.0 Å². The molecule has 2 aliphatic rings. The molecule has 0 bridgehead atoms. The number of hydrogen-bond acceptors (Lipinski definition) is 5. The minimum Gasteiger partial charge on any atom is -0.378 e. The van der Waals surface area contributed by atoms with E-state index in [1.165, 1.54) is 29.2 Å². The molecule has 34 heavy (non-hydrogen) atoms. The zero-order chi connectivity index (χ0) is 23.8. The summed E-state index contributed by atoms with van der Waals surface area (Å²) in [5.74, 6) is -1.76. The molecule has 1 aliphatic carbocycles. The van der Waals surface area contributed by atoms with Crippen LogP contribution in [0.5, 0.6) is 0 Å². The first kappa shape index (κ1) is 22.4. The number of nitrogens with zero attached hydrogens (tertiary/aromatic N) is 3. The van der Waals surface area contributed by atoms with E-state index in [0.717, 1.165) is 12.8 Å². The van der Waals surface area contributed by atoms with Crippen LogP contribution in [-0.2, 0) is 0 Å². The van der Waals surface area contributed by atoms with Crippen LogP contribution in [0.4, 0.5) is 18.9 Å². The lowest BCUT2D eigenvalue weighted by molar-refractivity contribution is 0.0947. The molecule has 3 N–H and O–H groups in total. The summed E-state index contributed by atoms with van der Waals surface area (Å²) in [5.41, 5.74) is 2.17. The molecule has 1 aliphatic heterocycles.